The van der Waals surface area contributed by atoms with Gasteiger partial charge in [0.1, 0.15) is 12.6 Å². The van der Waals surface area contributed by atoms with Gasteiger partial charge in [-0.2, -0.15) is 0 Å². The number of carboxylic acid groups (broad SMARTS) is 1. The third-order valence-corrected chi connectivity index (χ3v) is 9.26. The van der Waals surface area contributed by atoms with E-state index in [-0.39, 0.29) is 13.0 Å². The normalized spacial score (nSPS) is 14.2. The van der Waals surface area contributed by atoms with Crippen LogP contribution in [0.5, 0.6) is 0 Å². The lowest BCUT2D eigenvalue weighted by Gasteiger charge is -2.19. The number of ether oxygens (including phenoxy) is 2. The minimum Gasteiger partial charge on any atom is -0.480 e. The van der Waals surface area contributed by atoms with E-state index in [1.807, 2.05) is 6.08 Å². The van der Waals surface area contributed by atoms with Gasteiger partial charge in [-0.05, 0) is 19.3 Å². The number of phosphoric acid groups is 1. The number of allylic oxidation sites excluding steroid dienone is 3. The number of carbonyl (C=O) groups is 3. The molecular weight excluding hydrogens is 661 g/mol. The van der Waals surface area contributed by atoms with E-state index in [9.17, 15) is 23.8 Å². The fraction of sp³-hybridized carbons (Fsp3) is 0.816. The van der Waals surface area contributed by atoms with Gasteiger partial charge < -0.3 is 25.2 Å². The van der Waals surface area contributed by atoms with E-state index in [0.717, 1.165) is 32.1 Å². The fourth-order valence-corrected chi connectivity index (χ4v) is 5.99. The molecule has 0 saturated carbocycles. The molecule has 0 aromatic carbocycles. The van der Waals surface area contributed by atoms with Crippen LogP contribution in [0.3, 0.4) is 0 Å². The molecule has 3 atom stereocenters. The topological polar surface area (TPSA) is 172 Å². The first-order valence-corrected chi connectivity index (χ1v) is 20.9. The van der Waals surface area contributed by atoms with Crippen LogP contribution in [0.2, 0.25) is 0 Å². The zero-order valence-corrected chi connectivity index (χ0v) is 32.1. The first-order valence-electron chi connectivity index (χ1n) is 19.4. The van der Waals surface area contributed by atoms with E-state index < -0.39 is 51.1 Å². The van der Waals surface area contributed by atoms with Gasteiger partial charge in [-0.3, -0.25) is 18.6 Å². The highest BCUT2D eigenvalue weighted by molar-refractivity contribution is 7.47. The Hall–Kier alpha value is -2.04. The Morgan fingerprint density at radius 3 is 1.62 bits per heavy atom. The largest absolute Gasteiger partial charge is 0.480 e. The van der Waals surface area contributed by atoms with Crippen molar-refractivity contribution in [3.8, 4) is 0 Å². The summed E-state index contributed by atoms with van der Waals surface area (Å²) in [5.41, 5.74) is 5.30. The molecule has 0 amide bonds. The van der Waals surface area contributed by atoms with Gasteiger partial charge in [0.05, 0.1) is 13.2 Å². The first kappa shape index (κ1) is 48.0. The van der Waals surface area contributed by atoms with Crippen molar-refractivity contribution in [3.63, 3.8) is 0 Å². The summed E-state index contributed by atoms with van der Waals surface area (Å²) in [5.74, 6) is -2.64. The number of rotatable bonds is 36. The number of phosphoric ester groups is 1. The summed E-state index contributed by atoms with van der Waals surface area (Å²) in [6, 6.07) is -1.53. The van der Waals surface area contributed by atoms with Gasteiger partial charge >= 0.3 is 25.7 Å². The fourth-order valence-electron chi connectivity index (χ4n) is 5.21. The van der Waals surface area contributed by atoms with Gasteiger partial charge in [-0.1, -0.05) is 160 Å². The zero-order chi connectivity index (χ0) is 37.1. The Morgan fingerprint density at radius 1 is 0.660 bits per heavy atom. The van der Waals surface area contributed by atoms with Crippen molar-refractivity contribution in [3.05, 3.63) is 24.3 Å². The Bertz CT molecular complexity index is 958. The van der Waals surface area contributed by atoms with E-state index >= 15 is 0 Å². The molecule has 0 saturated heterocycles. The van der Waals surface area contributed by atoms with Gasteiger partial charge in [0.2, 0.25) is 0 Å². The van der Waals surface area contributed by atoms with Gasteiger partial charge in [0, 0.05) is 12.5 Å². The molecule has 0 aliphatic rings. The molecule has 0 aromatic heterocycles. The van der Waals surface area contributed by atoms with Crippen LogP contribution < -0.4 is 5.73 Å². The number of unbranched alkanes of at least 4 members (excludes halogenated alkanes) is 21. The second kappa shape index (κ2) is 34.1. The van der Waals surface area contributed by atoms with Crippen LogP contribution in [0.25, 0.3) is 0 Å². The van der Waals surface area contributed by atoms with E-state index in [0.29, 0.717) is 6.42 Å². The highest BCUT2D eigenvalue weighted by atomic mass is 31.2. The van der Waals surface area contributed by atoms with E-state index in [1.165, 1.54) is 115 Å². The second-order valence-corrected chi connectivity index (χ2v) is 14.6. The molecule has 0 fully saturated rings. The molecule has 0 heterocycles. The Kier molecular flexibility index (Phi) is 32.7. The number of hydrogen-bond donors (Lipinski definition) is 3. The Morgan fingerprint density at radius 2 is 1.12 bits per heavy atom. The average Bonchev–Trinajstić information content (AvgIpc) is 3.09. The standard InChI is InChI=1S/C38H70NO10P/c1-3-5-7-9-11-13-15-16-17-18-20-22-24-26-28-30-37(41)49-34(32-47-50(44,45)48-33-35(39)38(42)43)31-46-36(40)29-27-25-23-21-19-14-12-10-8-6-4-2/h24,26,28,30,34-35H,3-23,25,27,29,31-33,39H2,1-2H3,(H,42,43)(H,44,45)/b26-24+,30-28+/t34-,35+/m1/s1. The molecule has 0 aliphatic carbocycles. The van der Waals surface area contributed by atoms with Crippen molar-refractivity contribution in [2.75, 3.05) is 19.8 Å². The molecule has 292 valence electrons. The minimum absolute atomic E-state index is 0.205. The van der Waals surface area contributed by atoms with Crippen molar-refractivity contribution in [1.29, 1.82) is 0 Å². The lowest BCUT2D eigenvalue weighted by Crippen LogP contribution is -2.34. The highest BCUT2D eigenvalue weighted by Gasteiger charge is 2.27. The van der Waals surface area contributed by atoms with E-state index in [4.69, 9.17) is 24.8 Å². The minimum atomic E-state index is -4.73. The maximum absolute atomic E-state index is 12.4. The molecule has 12 heteroatoms. The monoisotopic (exact) mass is 731 g/mol. The summed E-state index contributed by atoms with van der Waals surface area (Å²) in [4.78, 5) is 45.6. The number of carboxylic acids is 1. The van der Waals surface area contributed by atoms with Crippen molar-refractivity contribution in [2.45, 2.75) is 180 Å². The van der Waals surface area contributed by atoms with Crippen molar-refractivity contribution in [2.24, 2.45) is 5.73 Å². The Labute approximate surface area is 302 Å². The van der Waals surface area contributed by atoms with E-state index in [1.54, 1.807) is 12.2 Å². The van der Waals surface area contributed by atoms with Crippen molar-refractivity contribution in [1.82, 2.24) is 0 Å². The summed E-state index contributed by atoms with van der Waals surface area (Å²) >= 11 is 0. The number of aliphatic carboxylic acids is 1. The molecular formula is C38H70NO10P. The summed E-state index contributed by atoms with van der Waals surface area (Å²) in [6.07, 6.45) is 33.1. The lowest BCUT2D eigenvalue weighted by molar-refractivity contribution is -0.157. The van der Waals surface area contributed by atoms with Gasteiger partial charge in [0.15, 0.2) is 6.10 Å². The molecule has 4 N–H and O–H groups in total. The quantitative estimate of drug-likeness (QED) is 0.0184. The van der Waals surface area contributed by atoms with Gasteiger partial charge in [-0.25, -0.2) is 9.36 Å². The predicted octanol–water partition coefficient (Wildman–Crippen LogP) is 9.50. The first-order chi connectivity index (χ1) is 24.1. The molecule has 50 heavy (non-hydrogen) atoms. The lowest BCUT2D eigenvalue weighted by atomic mass is 10.1. The van der Waals surface area contributed by atoms with Gasteiger partial charge in [0.25, 0.3) is 0 Å². The molecule has 0 rings (SSSR count). The highest BCUT2D eigenvalue weighted by Crippen LogP contribution is 2.43. The molecule has 11 nitrogen and oxygen atoms in total. The summed E-state index contributed by atoms with van der Waals surface area (Å²) in [6.45, 7) is 2.67. The van der Waals surface area contributed by atoms with Crippen LogP contribution in [0.4, 0.5) is 0 Å². The zero-order valence-electron chi connectivity index (χ0n) is 31.2. The van der Waals surface area contributed by atoms with Crippen LogP contribution in [-0.2, 0) is 37.5 Å². The number of esters is 2. The summed E-state index contributed by atoms with van der Waals surface area (Å²) in [5, 5.41) is 8.85. The van der Waals surface area contributed by atoms with Crippen LogP contribution in [0.1, 0.15) is 168 Å². The summed E-state index contributed by atoms with van der Waals surface area (Å²) < 4.78 is 32.3. The maximum atomic E-state index is 12.4. The molecule has 0 spiro atoms. The molecule has 0 radical (unpaired) electrons. The smallest absolute Gasteiger partial charge is 0.472 e. The SMILES string of the molecule is CCCCCCCCCCCCC/C=C/C=C/C(=O)O[C@H](COC(=O)CCCCCCCCCCCCC)COP(=O)(O)OC[C@H](N)C(=O)O. The third-order valence-electron chi connectivity index (χ3n) is 8.31. The molecule has 0 aromatic rings. The number of hydrogen-bond acceptors (Lipinski definition) is 9. The van der Waals surface area contributed by atoms with Crippen LogP contribution in [0.15, 0.2) is 24.3 Å². The molecule has 1 unspecified atom stereocenters. The van der Waals surface area contributed by atoms with Gasteiger partial charge in [-0.15, -0.1) is 0 Å². The third kappa shape index (κ3) is 33.1. The molecule has 0 aliphatic heterocycles. The average molecular weight is 732 g/mol. The second-order valence-electron chi connectivity index (χ2n) is 13.1. The number of nitrogens with two attached hydrogens (primary N) is 1. The number of carbonyl (C=O) groups excluding carboxylic acids is 2. The summed E-state index contributed by atoms with van der Waals surface area (Å²) in [7, 11) is -4.73. The van der Waals surface area contributed by atoms with E-state index in [2.05, 4.69) is 18.4 Å². The van der Waals surface area contributed by atoms with Crippen LogP contribution >= 0.6 is 7.82 Å². The predicted molar refractivity (Wildman–Crippen MR) is 199 cm³/mol. The van der Waals surface area contributed by atoms with Crippen LogP contribution in [-0.4, -0.2) is 59.9 Å². The van der Waals surface area contributed by atoms with Crippen molar-refractivity contribution < 1.29 is 47.5 Å². The Balaban J connectivity index is 4.54. The van der Waals surface area contributed by atoms with Crippen LogP contribution in [0, 0.1) is 0 Å². The van der Waals surface area contributed by atoms with Crippen molar-refractivity contribution >= 4 is 25.7 Å². The molecule has 0 bridgehead atoms. The maximum Gasteiger partial charge on any atom is 0.472 e.